The Balaban J connectivity index is 1.62. The van der Waals surface area contributed by atoms with Crippen LogP contribution in [-0.2, 0) is 6.42 Å². The summed E-state index contributed by atoms with van der Waals surface area (Å²) in [6.07, 6.45) is 0.893. The number of thioether (sulfide) groups is 2. The minimum Gasteiger partial charge on any atom is -0.0618 e. The highest BCUT2D eigenvalue weighted by Gasteiger charge is 2.66. The molecule has 0 saturated heterocycles. The van der Waals surface area contributed by atoms with Gasteiger partial charge in [-0.3, -0.25) is 0 Å². The van der Waals surface area contributed by atoms with Crippen molar-refractivity contribution in [2.75, 3.05) is 0 Å². The fourth-order valence-electron chi connectivity index (χ4n) is 4.49. The topological polar surface area (TPSA) is 30.7 Å². The first kappa shape index (κ1) is 18.4. The van der Waals surface area contributed by atoms with Gasteiger partial charge < -0.3 is 0 Å². The number of benzene rings is 4. The third-order valence-corrected chi connectivity index (χ3v) is 9.03. The number of rotatable bonds is 2. The van der Waals surface area contributed by atoms with Crippen LogP contribution in [0, 0.1) is 0 Å². The van der Waals surface area contributed by atoms with Crippen molar-refractivity contribution in [2.45, 2.75) is 20.5 Å². The second kappa shape index (κ2) is 6.89. The van der Waals surface area contributed by atoms with Crippen molar-refractivity contribution in [1.82, 2.24) is 0 Å². The number of azo groups is 4. The van der Waals surface area contributed by atoms with Gasteiger partial charge >= 0.3 is 4.33 Å². The predicted octanol–water partition coefficient (Wildman–Crippen LogP) is 7.97. The summed E-state index contributed by atoms with van der Waals surface area (Å²) >= 11 is 3.70. The smallest absolute Gasteiger partial charge is 0.0618 e. The Hall–Kier alpha value is -3.22. The molecule has 152 valence electrons. The van der Waals surface area contributed by atoms with Crippen molar-refractivity contribution in [3.63, 3.8) is 0 Å². The summed E-state index contributed by atoms with van der Waals surface area (Å²) in [5.74, 6) is 0. The van der Waals surface area contributed by atoms with Crippen LogP contribution in [0.15, 0.2) is 117 Å². The quantitative estimate of drug-likeness (QED) is 0.290. The highest BCUT2D eigenvalue weighted by Crippen LogP contribution is 2.62. The third kappa shape index (κ3) is 2.60. The van der Waals surface area contributed by atoms with Crippen LogP contribution in [0.4, 0.5) is 22.7 Å². The number of para-hydroxylation sites is 2. The maximum Gasteiger partial charge on any atom is 0.516 e. The zero-order valence-electron chi connectivity index (χ0n) is 17.1. The molecule has 4 aromatic rings. The molecule has 4 nitrogen and oxygen atoms in total. The summed E-state index contributed by atoms with van der Waals surface area (Å²) in [6, 6.07) is 33.8. The van der Waals surface area contributed by atoms with Crippen molar-refractivity contribution < 1.29 is 9.39 Å². The first-order valence-corrected chi connectivity index (χ1v) is 12.2. The van der Waals surface area contributed by atoms with Crippen LogP contribution in [0.1, 0.15) is 11.1 Å². The fraction of sp³-hybridized carbons (Fsp3) is 0.0769. The van der Waals surface area contributed by atoms with E-state index in [1.54, 1.807) is 0 Å². The molecule has 3 bridgehead atoms. The summed E-state index contributed by atoms with van der Waals surface area (Å²) in [7, 11) is 0. The number of nitrogens with zero attached hydrogens (tertiary/aromatic N) is 4. The van der Waals surface area contributed by atoms with Gasteiger partial charge in [-0.2, -0.15) is 0 Å². The van der Waals surface area contributed by atoms with Crippen LogP contribution in [0.25, 0.3) is 0 Å². The van der Waals surface area contributed by atoms with Crippen molar-refractivity contribution in [3.05, 3.63) is 108 Å². The van der Waals surface area contributed by atoms with Gasteiger partial charge in [0.25, 0.3) is 0 Å². The largest absolute Gasteiger partial charge is 0.516 e. The summed E-state index contributed by atoms with van der Waals surface area (Å²) < 4.78 is 3.68. The number of hydrogen-bond donors (Lipinski definition) is 0. The molecule has 3 aliphatic rings. The van der Waals surface area contributed by atoms with Gasteiger partial charge in [-0.1, -0.05) is 60.7 Å². The average molecular weight is 451 g/mol. The van der Waals surface area contributed by atoms with Gasteiger partial charge in [-0.25, -0.2) is 0 Å². The van der Waals surface area contributed by atoms with Gasteiger partial charge in [-0.05, 0) is 29.7 Å². The van der Waals surface area contributed by atoms with Crippen molar-refractivity contribution in [2.24, 2.45) is 10.2 Å². The molecule has 7 rings (SSSR count). The van der Waals surface area contributed by atoms with Gasteiger partial charge in [0.1, 0.15) is 11.4 Å². The van der Waals surface area contributed by atoms with Crippen molar-refractivity contribution in [1.29, 1.82) is 0 Å². The van der Waals surface area contributed by atoms with Gasteiger partial charge in [0.2, 0.25) is 11.4 Å². The lowest BCUT2D eigenvalue weighted by molar-refractivity contribution is -0.752. The zero-order valence-corrected chi connectivity index (χ0v) is 18.7. The van der Waals surface area contributed by atoms with Gasteiger partial charge in [0.05, 0.1) is 33.3 Å². The molecule has 4 aromatic carbocycles. The molecule has 1 spiro atoms. The Morgan fingerprint density at radius 2 is 1.03 bits per heavy atom. The molecule has 0 saturated carbocycles. The Morgan fingerprint density at radius 1 is 0.562 bits per heavy atom. The summed E-state index contributed by atoms with van der Waals surface area (Å²) in [5.41, 5.74) is 6.76. The van der Waals surface area contributed by atoms with E-state index in [0.29, 0.717) is 0 Å². The van der Waals surface area contributed by atoms with E-state index < -0.39 is 4.33 Å². The van der Waals surface area contributed by atoms with E-state index in [1.807, 2.05) is 35.7 Å². The van der Waals surface area contributed by atoms with E-state index in [9.17, 15) is 0 Å². The Morgan fingerprint density at radius 3 is 1.50 bits per heavy atom. The molecule has 0 aromatic heterocycles. The summed E-state index contributed by atoms with van der Waals surface area (Å²) in [5, 5.41) is 10.4. The van der Waals surface area contributed by atoms with Gasteiger partial charge in [0, 0.05) is 43.9 Å². The van der Waals surface area contributed by atoms with Crippen LogP contribution in [0.2, 0.25) is 0 Å². The van der Waals surface area contributed by atoms with Crippen LogP contribution in [0.5, 0.6) is 0 Å². The molecular formula is C26H18N4S2+2. The zero-order chi connectivity index (χ0) is 21.1. The molecular weight excluding hydrogens is 432 g/mol. The standard InChI is InChI=1S/C26H18N4S2/c1-3-11-20(12-4-1)29-26-30(21-13-5-2-6-14-21)28-23-16-8-10-19(25(23)32-26)17-18-9-7-15-22(27-29)24(18)31-26/h1-16H,17H2/q+2. The first-order chi connectivity index (χ1) is 15.8. The van der Waals surface area contributed by atoms with Crippen molar-refractivity contribution in [3.8, 4) is 0 Å². The van der Waals surface area contributed by atoms with E-state index in [-0.39, 0.29) is 0 Å². The Kier molecular flexibility index (Phi) is 3.95. The molecule has 3 heterocycles. The minimum absolute atomic E-state index is 0.616. The Labute approximate surface area is 194 Å². The molecule has 6 heteroatoms. The molecule has 0 atom stereocenters. The van der Waals surface area contributed by atoms with E-state index in [4.69, 9.17) is 10.2 Å². The van der Waals surface area contributed by atoms with E-state index in [1.165, 1.54) is 20.9 Å². The van der Waals surface area contributed by atoms with Crippen LogP contribution in [-0.4, -0.2) is 13.7 Å². The van der Waals surface area contributed by atoms with Crippen LogP contribution >= 0.6 is 23.5 Å². The van der Waals surface area contributed by atoms with Crippen LogP contribution < -0.4 is 0 Å². The third-order valence-electron chi connectivity index (χ3n) is 5.95. The lowest BCUT2D eigenvalue weighted by Gasteiger charge is -2.31. The molecule has 0 amide bonds. The van der Waals surface area contributed by atoms with E-state index >= 15 is 0 Å². The van der Waals surface area contributed by atoms with E-state index in [2.05, 4.69) is 94.3 Å². The molecule has 0 aliphatic carbocycles. The number of hydrogen-bond acceptors (Lipinski definition) is 4. The maximum absolute atomic E-state index is 5.22. The molecule has 0 fully saturated rings. The van der Waals surface area contributed by atoms with Gasteiger partial charge in [0.15, 0.2) is 0 Å². The Bertz CT molecular complexity index is 1330. The lowest BCUT2D eigenvalue weighted by atomic mass is 10.0. The summed E-state index contributed by atoms with van der Waals surface area (Å²) in [4.78, 5) is 2.47. The summed E-state index contributed by atoms with van der Waals surface area (Å²) in [6.45, 7) is 0. The molecule has 0 unspecified atom stereocenters. The minimum atomic E-state index is -0.616. The maximum atomic E-state index is 5.22. The predicted molar refractivity (Wildman–Crippen MR) is 127 cm³/mol. The monoisotopic (exact) mass is 450 g/mol. The molecule has 32 heavy (non-hydrogen) atoms. The van der Waals surface area contributed by atoms with Gasteiger partial charge in [-0.15, -0.1) is 0 Å². The molecule has 3 aliphatic heterocycles. The highest BCUT2D eigenvalue weighted by molar-refractivity contribution is 8.17. The lowest BCUT2D eigenvalue weighted by Crippen LogP contribution is -2.44. The van der Waals surface area contributed by atoms with E-state index in [0.717, 1.165) is 29.2 Å². The molecule has 0 radical (unpaired) electrons. The molecule has 0 N–H and O–H groups in total. The first-order valence-electron chi connectivity index (χ1n) is 10.6. The highest BCUT2D eigenvalue weighted by atomic mass is 32.2. The fourth-order valence-corrected chi connectivity index (χ4v) is 7.59. The van der Waals surface area contributed by atoms with Crippen molar-refractivity contribution >= 4 is 46.3 Å². The van der Waals surface area contributed by atoms with Crippen LogP contribution in [0.3, 0.4) is 0 Å². The second-order valence-electron chi connectivity index (χ2n) is 7.95. The second-order valence-corrected chi connectivity index (χ2v) is 10.6. The average Bonchev–Trinajstić information content (AvgIpc) is 2.84. The normalized spacial score (nSPS) is 17.0. The SMILES string of the molecule is c1ccc([N+]2=Nc3cccc4c3SC23Sc2c(cccc2N=[N+]3c2ccccc2)C4)cc1.